The van der Waals surface area contributed by atoms with E-state index in [4.69, 9.17) is 23.2 Å². The molecule has 19 heavy (non-hydrogen) atoms. The van der Waals surface area contributed by atoms with E-state index in [2.05, 4.69) is 15.3 Å². The number of halogens is 4. The van der Waals surface area contributed by atoms with Crippen molar-refractivity contribution in [1.82, 2.24) is 9.97 Å². The fourth-order valence-electron chi connectivity index (χ4n) is 1.32. The Morgan fingerprint density at radius 3 is 2.11 bits per heavy atom. The molecular formula is C11H5Cl2F2N3O. The van der Waals surface area contributed by atoms with Gasteiger partial charge in [0.15, 0.2) is 10.3 Å². The topological polar surface area (TPSA) is 54.9 Å². The zero-order valence-electron chi connectivity index (χ0n) is 9.12. The quantitative estimate of drug-likeness (QED) is 0.866. The van der Waals surface area contributed by atoms with Gasteiger partial charge in [0.05, 0.1) is 0 Å². The second-order valence-electron chi connectivity index (χ2n) is 3.44. The minimum absolute atomic E-state index is 0.0273. The Hall–Kier alpha value is -1.79. The molecule has 0 aliphatic rings. The lowest BCUT2D eigenvalue weighted by atomic mass is 10.2. The van der Waals surface area contributed by atoms with Gasteiger partial charge in [-0.25, -0.2) is 18.7 Å². The minimum atomic E-state index is -0.869. The van der Waals surface area contributed by atoms with Gasteiger partial charge in [0.1, 0.15) is 23.6 Å². The number of hydrogen-bond donors (Lipinski definition) is 1. The second kappa shape index (κ2) is 5.46. The van der Waals surface area contributed by atoms with Crippen molar-refractivity contribution >= 4 is 34.8 Å². The average Bonchev–Trinajstić information content (AvgIpc) is 2.32. The first-order valence-corrected chi connectivity index (χ1v) is 5.66. The zero-order chi connectivity index (χ0) is 14.0. The Balaban J connectivity index is 2.31. The molecule has 0 radical (unpaired) electrons. The molecule has 0 bridgehead atoms. The van der Waals surface area contributed by atoms with Crippen LogP contribution in [0, 0.1) is 11.6 Å². The molecule has 8 heteroatoms. The van der Waals surface area contributed by atoms with E-state index in [1.165, 1.54) is 0 Å². The predicted molar refractivity (Wildman–Crippen MR) is 66.4 cm³/mol. The smallest absolute Gasteiger partial charge is 0.256 e. The van der Waals surface area contributed by atoms with Gasteiger partial charge in [0, 0.05) is 11.6 Å². The van der Waals surface area contributed by atoms with Crippen molar-refractivity contribution < 1.29 is 13.6 Å². The molecule has 1 aromatic heterocycles. The number of nitrogens with one attached hydrogen (secondary N) is 1. The Labute approximate surface area is 116 Å². The standard InChI is InChI=1S/C11H5Cl2F2N3O/c12-9-8(10(13)17-4-16-9)18-11(19)5-1-6(14)3-7(15)2-5/h1-4H,(H,18,19). The highest BCUT2D eigenvalue weighted by atomic mass is 35.5. The highest BCUT2D eigenvalue weighted by Crippen LogP contribution is 2.26. The lowest BCUT2D eigenvalue weighted by Gasteiger charge is -2.07. The van der Waals surface area contributed by atoms with E-state index in [-0.39, 0.29) is 21.6 Å². The van der Waals surface area contributed by atoms with Crippen LogP contribution in [0.25, 0.3) is 0 Å². The van der Waals surface area contributed by atoms with Crippen LogP contribution in [0.4, 0.5) is 14.5 Å². The number of benzene rings is 1. The molecule has 0 spiro atoms. The van der Waals surface area contributed by atoms with Crippen molar-refractivity contribution in [1.29, 1.82) is 0 Å². The second-order valence-corrected chi connectivity index (χ2v) is 4.16. The summed E-state index contributed by atoms with van der Waals surface area (Å²) in [6, 6.07) is 2.41. The number of carbonyl (C=O) groups is 1. The van der Waals surface area contributed by atoms with Crippen molar-refractivity contribution in [2.45, 2.75) is 0 Å². The van der Waals surface area contributed by atoms with E-state index in [1.807, 2.05) is 0 Å². The van der Waals surface area contributed by atoms with E-state index in [1.54, 1.807) is 0 Å². The summed E-state index contributed by atoms with van der Waals surface area (Å²) >= 11 is 11.5. The van der Waals surface area contributed by atoms with Gasteiger partial charge in [-0.3, -0.25) is 4.79 Å². The number of anilines is 1. The van der Waals surface area contributed by atoms with Crippen LogP contribution in [-0.4, -0.2) is 15.9 Å². The van der Waals surface area contributed by atoms with Crippen LogP contribution >= 0.6 is 23.2 Å². The Kier molecular flexibility index (Phi) is 3.92. The fourth-order valence-corrected chi connectivity index (χ4v) is 1.73. The SMILES string of the molecule is O=C(Nc1c(Cl)ncnc1Cl)c1cc(F)cc(F)c1. The molecular weight excluding hydrogens is 299 g/mol. The normalized spacial score (nSPS) is 10.3. The van der Waals surface area contributed by atoms with E-state index in [0.717, 1.165) is 18.5 Å². The van der Waals surface area contributed by atoms with Gasteiger partial charge in [-0.2, -0.15) is 0 Å². The maximum Gasteiger partial charge on any atom is 0.256 e. The number of carbonyl (C=O) groups excluding carboxylic acids is 1. The molecule has 0 aliphatic heterocycles. The zero-order valence-corrected chi connectivity index (χ0v) is 10.6. The summed E-state index contributed by atoms with van der Waals surface area (Å²) in [6.07, 6.45) is 1.11. The number of hydrogen-bond acceptors (Lipinski definition) is 3. The van der Waals surface area contributed by atoms with Crippen LogP contribution < -0.4 is 5.32 Å². The van der Waals surface area contributed by atoms with E-state index >= 15 is 0 Å². The number of aromatic nitrogens is 2. The Morgan fingerprint density at radius 2 is 1.58 bits per heavy atom. The van der Waals surface area contributed by atoms with Gasteiger partial charge in [-0.15, -0.1) is 0 Å². The molecule has 1 aromatic carbocycles. The summed E-state index contributed by atoms with van der Waals surface area (Å²) in [7, 11) is 0. The van der Waals surface area contributed by atoms with Crippen LogP contribution in [0.1, 0.15) is 10.4 Å². The third-order valence-electron chi connectivity index (χ3n) is 2.12. The minimum Gasteiger partial charge on any atom is -0.317 e. The number of nitrogens with zero attached hydrogens (tertiary/aromatic N) is 2. The third-order valence-corrected chi connectivity index (χ3v) is 2.69. The summed E-state index contributed by atoms with van der Waals surface area (Å²) in [5.74, 6) is -2.52. The van der Waals surface area contributed by atoms with Crippen LogP contribution in [-0.2, 0) is 0 Å². The molecule has 2 rings (SSSR count). The monoisotopic (exact) mass is 303 g/mol. The van der Waals surface area contributed by atoms with Crippen LogP contribution in [0.2, 0.25) is 10.3 Å². The van der Waals surface area contributed by atoms with Gasteiger partial charge in [-0.1, -0.05) is 23.2 Å². The number of rotatable bonds is 2. The molecule has 0 saturated heterocycles. The fraction of sp³-hybridized carbons (Fsp3) is 0. The van der Waals surface area contributed by atoms with Crippen molar-refractivity contribution in [3.05, 3.63) is 52.0 Å². The summed E-state index contributed by atoms with van der Waals surface area (Å²) < 4.78 is 26.0. The largest absolute Gasteiger partial charge is 0.317 e. The van der Waals surface area contributed by atoms with Crippen LogP contribution in [0.15, 0.2) is 24.5 Å². The molecule has 1 N–H and O–H groups in total. The Morgan fingerprint density at radius 1 is 1.05 bits per heavy atom. The first-order chi connectivity index (χ1) is 8.97. The molecule has 4 nitrogen and oxygen atoms in total. The van der Waals surface area contributed by atoms with Gasteiger partial charge in [0.25, 0.3) is 5.91 Å². The van der Waals surface area contributed by atoms with Gasteiger partial charge >= 0.3 is 0 Å². The summed E-state index contributed by atoms with van der Waals surface area (Å²) in [5, 5.41) is 2.13. The lowest BCUT2D eigenvalue weighted by Crippen LogP contribution is -2.14. The molecule has 2 aromatic rings. The van der Waals surface area contributed by atoms with Crippen molar-refractivity contribution in [2.75, 3.05) is 5.32 Å². The molecule has 1 heterocycles. The average molecular weight is 304 g/mol. The lowest BCUT2D eigenvalue weighted by molar-refractivity contribution is 0.102. The van der Waals surface area contributed by atoms with Crippen molar-refractivity contribution in [2.24, 2.45) is 0 Å². The van der Waals surface area contributed by atoms with E-state index in [0.29, 0.717) is 6.07 Å². The van der Waals surface area contributed by atoms with Gasteiger partial charge in [0.2, 0.25) is 0 Å². The maximum absolute atomic E-state index is 13.0. The van der Waals surface area contributed by atoms with Crippen LogP contribution in [0.5, 0.6) is 0 Å². The molecule has 0 saturated carbocycles. The molecule has 0 atom stereocenters. The third kappa shape index (κ3) is 3.15. The molecule has 0 aliphatic carbocycles. The first-order valence-electron chi connectivity index (χ1n) is 4.91. The van der Waals surface area contributed by atoms with Crippen LogP contribution in [0.3, 0.4) is 0 Å². The highest BCUT2D eigenvalue weighted by Gasteiger charge is 2.14. The first kappa shape index (κ1) is 13.6. The Bertz CT molecular complexity index is 611. The molecule has 0 unspecified atom stereocenters. The van der Waals surface area contributed by atoms with Crippen molar-refractivity contribution in [3.8, 4) is 0 Å². The molecule has 0 fully saturated rings. The summed E-state index contributed by atoms with van der Waals surface area (Å²) in [6.45, 7) is 0. The summed E-state index contributed by atoms with van der Waals surface area (Å²) in [4.78, 5) is 19.1. The maximum atomic E-state index is 13.0. The van der Waals surface area contributed by atoms with E-state index < -0.39 is 17.5 Å². The molecule has 98 valence electrons. The van der Waals surface area contributed by atoms with Gasteiger partial charge in [-0.05, 0) is 12.1 Å². The highest BCUT2D eigenvalue weighted by molar-refractivity contribution is 6.38. The van der Waals surface area contributed by atoms with E-state index in [9.17, 15) is 13.6 Å². The van der Waals surface area contributed by atoms with Crippen molar-refractivity contribution in [3.63, 3.8) is 0 Å². The summed E-state index contributed by atoms with van der Waals surface area (Å²) in [5.41, 5.74) is -0.242. The molecule has 1 amide bonds. The number of amides is 1. The van der Waals surface area contributed by atoms with Gasteiger partial charge < -0.3 is 5.32 Å². The predicted octanol–water partition coefficient (Wildman–Crippen LogP) is 3.31.